The third kappa shape index (κ3) is 3.41. The number of para-hydroxylation sites is 1. The number of carbonyl (C=O) groups is 1. The van der Waals surface area contributed by atoms with Crippen molar-refractivity contribution in [3.05, 3.63) is 88.5 Å². The van der Waals surface area contributed by atoms with Gasteiger partial charge >= 0.3 is 11.8 Å². The van der Waals surface area contributed by atoms with Crippen LogP contribution in [-0.2, 0) is 6.18 Å². The second kappa shape index (κ2) is 7.11. The number of hydrogen-bond acceptors (Lipinski definition) is 4. The van der Waals surface area contributed by atoms with Crippen molar-refractivity contribution in [3.8, 4) is 11.4 Å². The van der Waals surface area contributed by atoms with E-state index >= 15 is 0 Å². The Labute approximate surface area is 166 Å². The summed E-state index contributed by atoms with van der Waals surface area (Å²) >= 11 is 0. The summed E-state index contributed by atoms with van der Waals surface area (Å²) in [6.45, 7) is 0. The molecule has 30 heavy (non-hydrogen) atoms. The summed E-state index contributed by atoms with van der Waals surface area (Å²) in [5.74, 6) is -1.70. The summed E-state index contributed by atoms with van der Waals surface area (Å²) in [6, 6.07) is 12.4. The van der Waals surface area contributed by atoms with Crippen LogP contribution in [-0.4, -0.2) is 15.6 Å². The second-order valence-electron chi connectivity index (χ2n) is 6.38. The summed E-state index contributed by atoms with van der Waals surface area (Å²) < 4.78 is 47.0. The number of aromatic hydroxyl groups is 1. The summed E-state index contributed by atoms with van der Waals surface area (Å²) in [6.07, 6.45) is -1.77. The predicted octanol–water partition coefficient (Wildman–Crippen LogP) is 4.56. The van der Waals surface area contributed by atoms with Crippen molar-refractivity contribution in [2.45, 2.75) is 6.18 Å². The van der Waals surface area contributed by atoms with Crippen LogP contribution < -0.4 is 10.9 Å². The number of fused-ring (bicyclic) bond motifs is 1. The minimum atomic E-state index is -4.69. The SMILES string of the molecule is O=C(Nc1ccc(-n2cccc2)c(C(F)(F)F)c1)c1c(O)c2ccccc2oc1=O. The van der Waals surface area contributed by atoms with Crippen LogP contribution in [0.1, 0.15) is 15.9 Å². The Morgan fingerprint density at radius 2 is 1.73 bits per heavy atom. The van der Waals surface area contributed by atoms with E-state index in [9.17, 15) is 27.9 Å². The molecule has 2 heterocycles. The number of aromatic nitrogens is 1. The molecule has 0 radical (unpaired) electrons. The molecule has 2 aromatic heterocycles. The monoisotopic (exact) mass is 414 g/mol. The summed E-state index contributed by atoms with van der Waals surface area (Å²) in [5, 5.41) is 12.7. The average molecular weight is 414 g/mol. The van der Waals surface area contributed by atoms with Crippen LogP contribution in [0.3, 0.4) is 0 Å². The second-order valence-corrected chi connectivity index (χ2v) is 6.38. The fraction of sp³-hybridized carbons (Fsp3) is 0.0476. The zero-order chi connectivity index (χ0) is 21.5. The molecule has 4 rings (SSSR count). The Balaban J connectivity index is 1.74. The van der Waals surface area contributed by atoms with Crippen LogP contribution in [0, 0.1) is 0 Å². The maximum Gasteiger partial charge on any atom is 0.418 e. The zero-order valence-corrected chi connectivity index (χ0v) is 15.1. The molecule has 0 saturated heterocycles. The first-order valence-corrected chi connectivity index (χ1v) is 8.66. The highest BCUT2D eigenvalue weighted by Crippen LogP contribution is 2.36. The molecule has 2 N–H and O–H groups in total. The molecule has 2 aromatic carbocycles. The standard InChI is InChI=1S/C21H13F3N2O4/c22-21(23,24)14-11-12(7-8-15(14)26-9-3-4-10-26)25-19(28)17-18(27)13-5-1-2-6-16(13)30-20(17)29/h1-11,27H,(H,25,28). The van der Waals surface area contributed by atoms with Gasteiger partial charge in [-0.25, -0.2) is 4.79 Å². The first kappa shape index (κ1) is 19.3. The van der Waals surface area contributed by atoms with E-state index in [1.165, 1.54) is 41.2 Å². The Morgan fingerprint density at radius 1 is 1.03 bits per heavy atom. The molecule has 152 valence electrons. The van der Waals surface area contributed by atoms with Crippen molar-refractivity contribution >= 4 is 22.6 Å². The van der Waals surface area contributed by atoms with Gasteiger partial charge in [0.25, 0.3) is 5.91 Å². The number of alkyl halides is 3. The van der Waals surface area contributed by atoms with E-state index in [1.54, 1.807) is 24.3 Å². The average Bonchev–Trinajstić information content (AvgIpc) is 3.22. The van der Waals surface area contributed by atoms with Gasteiger partial charge in [-0.05, 0) is 42.5 Å². The molecule has 0 aliphatic carbocycles. The summed E-state index contributed by atoms with van der Waals surface area (Å²) in [4.78, 5) is 24.7. The van der Waals surface area contributed by atoms with Crippen LogP contribution >= 0.6 is 0 Å². The molecular weight excluding hydrogens is 401 g/mol. The van der Waals surface area contributed by atoms with Gasteiger partial charge in [0.2, 0.25) is 0 Å². The highest BCUT2D eigenvalue weighted by atomic mass is 19.4. The molecule has 0 unspecified atom stereocenters. The molecule has 6 nitrogen and oxygen atoms in total. The minimum absolute atomic E-state index is 0.0759. The van der Waals surface area contributed by atoms with E-state index in [4.69, 9.17) is 4.42 Å². The molecule has 0 atom stereocenters. The summed E-state index contributed by atoms with van der Waals surface area (Å²) in [5.41, 5.74) is -3.03. The van der Waals surface area contributed by atoms with E-state index in [1.807, 2.05) is 0 Å². The molecule has 0 aliphatic rings. The van der Waals surface area contributed by atoms with E-state index < -0.39 is 34.6 Å². The van der Waals surface area contributed by atoms with Crippen LogP contribution in [0.25, 0.3) is 16.7 Å². The van der Waals surface area contributed by atoms with Crippen molar-refractivity contribution in [3.63, 3.8) is 0 Å². The van der Waals surface area contributed by atoms with Gasteiger partial charge in [0.05, 0.1) is 16.6 Å². The van der Waals surface area contributed by atoms with Crippen LogP contribution in [0.4, 0.5) is 18.9 Å². The van der Waals surface area contributed by atoms with Crippen molar-refractivity contribution < 1.29 is 27.5 Å². The van der Waals surface area contributed by atoms with Gasteiger partial charge in [0.1, 0.15) is 11.3 Å². The number of nitrogens with zero attached hydrogens (tertiary/aromatic N) is 1. The van der Waals surface area contributed by atoms with Crippen LogP contribution in [0.2, 0.25) is 0 Å². The first-order valence-electron chi connectivity index (χ1n) is 8.66. The molecule has 4 aromatic rings. The lowest BCUT2D eigenvalue weighted by molar-refractivity contribution is -0.137. The molecular formula is C21H13F3N2O4. The van der Waals surface area contributed by atoms with Gasteiger partial charge in [-0.1, -0.05) is 12.1 Å². The predicted molar refractivity (Wildman–Crippen MR) is 103 cm³/mol. The number of rotatable bonds is 3. The van der Waals surface area contributed by atoms with Crippen LogP contribution in [0.5, 0.6) is 5.75 Å². The Hall–Kier alpha value is -4.01. The fourth-order valence-electron chi connectivity index (χ4n) is 3.09. The lowest BCUT2D eigenvalue weighted by Gasteiger charge is -2.16. The lowest BCUT2D eigenvalue weighted by atomic mass is 10.1. The number of halogens is 3. The van der Waals surface area contributed by atoms with Gasteiger partial charge in [-0.3, -0.25) is 4.79 Å². The van der Waals surface area contributed by atoms with E-state index in [0.29, 0.717) is 0 Å². The highest BCUT2D eigenvalue weighted by Gasteiger charge is 2.34. The first-order chi connectivity index (χ1) is 14.3. The van der Waals surface area contributed by atoms with E-state index in [-0.39, 0.29) is 22.3 Å². The highest BCUT2D eigenvalue weighted by molar-refractivity contribution is 6.08. The van der Waals surface area contributed by atoms with Crippen molar-refractivity contribution in [1.29, 1.82) is 0 Å². The number of nitrogens with one attached hydrogen (secondary N) is 1. The van der Waals surface area contributed by atoms with Gasteiger partial charge < -0.3 is 19.4 Å². The van der Waals surface area contributed by atoms with Gasteiger partial charge in [0, 0.05) is 18.1 Å². The lowest BCUT2D eigenvalue weighted by Crippen LogP contribution is -2.21. The Morgan fingerprint density at radius 3 is 2.43 bits per heavy atom. The number of benzene rings is 2. The fourth-order valence-corrected chi connectivity index (χ4v) is 3.09. The number of anilines is 1. The molecule has 0 aliphatic heterocycles. The van der Waals surface area contributed by atoms with Crippen molar-refractivity contribution in [2.24, 2.45) is 0 Å². The van der Waals surface area contributed by atoms with Crippen molar-refractivity contribution in [2.75, 3.05) is 5.32 Å². The topological polar surface area (TPSA) is 84.5 Å². The number of amides is 1. The molecule has 0 saturated carbocycles. The minimum Gasteiger partial charge on any atom is -0.506 e. The van der Waals surface area contributed by atoms with Gasteiger partial charge in [-0.15, -0.1) is 0 Å². The maximum atomic E-state index is 13.6. The smallest absolute Gasteiger partial charge is 0.418 e. The van der Waals surface area contributed by atoms with Crippen LogP contribution in [0.15, 0.2) is 76.2 Å². The zero-order valence-electron chi connectivity index (χ0n) is 15.1. The molecule has 0 spiro atoms. The Bertz CT molecular complexity index is 1310. The van der Waals surface area contributed by atoms with E-state index in [2.05, 4.69) is 5.32 Å². The number of carbonyl (C=O) groups excluding carboxylic acids is 1. The third-order valence-electron chi connectivity index (χ3n) is 4.46. The molecule has 0 bridgehead atoms. The summed E-state index contributed by atoms with van der Waals surface area (Å²) in [7, 11) is 0. The van der Waals surface area contributed by atoms with E-state index in [0.717, 1.165) is 6.07 Å². The maximum absolute atomic E-state index is 13.6. The molecule has 0 fully saturated rings. The van der Waals surface area contributed by atoms with Gasteiger partial charge in [0.15, 0.2) is 5.56 Å². The largest absolute Gasteiger partial charge is 0.506 e. The quantitative estimate of drug-likeness (QED) is 0.482. The van der Waals surface area contributed by atoms with Crippen molar-refractivity contribution in [1.82, 2.24) is 4.57 Å². The van der Waals surface area contributed by atoms with Gasteiger partial charge in [-0.2, -0.15) is 13.2 Å². The third-order valence-corrected chi connectivity index (χ3v) is 4.46. The molecule has 1 amide bonds. The normalized spacial score (nSPS) is 11.6. The molecule has 9 heteroatoms. The number of hydrogen-bond donors (Lipinski definition) is 2. The Kier molecular flexibility index (Phi) is 4.57.